The first-order valence-corrected chi connectivity index (χ1v) is 16.4. The molecule has 0 aromatic heterocycles. The second-order valence-electron chi connectivity index (χ2n) is 12.8. The number of phenols is 1. The van der Waals surface area contributed by atoms with Crippen molar-refractivity contribution in [2.75, 3.05) is 13.2 Å². The van der Waals surface area contributed by atoms with Crippen molar-refractivity contribution in [3.05, 3.63) is 108 Å². The van der Waals surface area contributed by atoms with Crippen LogP contribution in [0.4, 0.5) is 0 Å². The Hall–Kier alpha value is -4.59. The van der Waals surface area contributed by atoms with Crippen LogP contribution in [0, 0.1) is 0 Å². The SMILES string of the molecule is C=CC(=O)OCCCCCCOc1ccc(C(=O)OC(=C)/C=C\C(=C/C)OC(=O)c2cc(C(C)(C)C)c(O)c(C(C)(C)C)c2)cc1.CC. The maximum Gasteiger partial charge on any atom is 0.343 e. The zero-order valence-corrected chi connectivity index (χ0v) is 30.2. The Bertz CT molecular complexity index is 1410. The van der Waals surface area contributed by atoms with Crippen LogP contribution in [-0.2, 0) is 29.8 Å². The highest BCUT2D eigenvalue weighted by Gasteiger charge is 2.28. The number of carbonyl (C=O) groups excluding carboxylic acids is 3. The van der Waals surface area contributed by atoms with E-state index in [0.717, 1.165) is 31.8 Å². The number of phenolic OH excluding ortho intramolecular Hbond substituents is 1. The van der Waals surface area contributed by atoms with Crippen LogP contribution in [0.1, 0.15) is 120 Å². The van der Waals surface area contributed by atoms with Gasteiger partial charge in [0.1, 0.15) is 23.0 Å². The molecule has 0 saturated carbocycles. The molecule has 0 heterocycles. The molecule has 2 rings (SSSR count). The van der Waals surface area contributed by atoms with Gasteiger partial charge >= 0.3 is 17.9 Å². The Labute approximate surface area is 287 Å². The van der Waals surface area contributed by atoms with Crippen LogP contribution < -0.4 is 4.74 Å². The molecular formula is C40H54O8. The summed E-state index contributed by atoms with van der Waals surface area (Å²) in [5, 5.41) is 11.0. The summed E-state index contributed by atoms with van der Waals surface area (Å²) >= 11 is 0. The number of esters is 3. The number of benzene rings is 2. The summed E-state index contributed by atoms with van der Waals surface area (Å²) in [6, 6.07) is 9.93. The molecule has 0 amide bonds. The van der Waals surface area contributed by atoms with E-state index in [1.807, 2.05) is 55.4 Å². The number of unbranched alkanes of at least 4 members (excludes halogenated alkanes) is 3. The highest BCUT2D eigenvalue weighted by atomic mass is 16.5. The van der Waals surface area contributed by atoms with Crippen molar-refractivity contribution in [3.63, 3.8) is 0 Å². The lowest BCUT2D eigenvalue weighted by Gasteiger charge is -2.28. The summed E-state index contributed by atoms with van der Waals surface area (Å²) in [5.74, 6) is -0.466. The van der Waals surface area contributed by atoms with Gasteiger partial charge in [-0.05, 0) is 98.1 Å². The van der Waals surface area contributed by atoms with E-state index in [1.165, 1.54) is 12.2 Å². The van der Waals surface area contributed by atoms with Crippen LogP contribution in [0.15, 0.2) is 85.4 Å². The van der Waals surface area contributed by atoms with E-state index in [9.17, 15) is 19.5 Å². The maximum absolute atomic E-state index is 13.2. The molecule has 0 saturated heterocycles. The van der Waals surface area contributed by atoms with E-state index in [4.69, 9.17) is 18.9 Å². The Morgan fingerprint density at radius 1 is 0.771 bits per heavy atom. The number of aromatic hydroxyl groups is 1. The van der Waals surface area contributed by atoms with E-state index in [1.54, 1.807) is 49.4 Å². The van der Waals surface area contributed by atoms with Crippen LogP contribution in [-0.4, -0.2) is 36.2 Å². The molecule has 0 fully saturated rings. The van der Waals surface area contributed by atoms with Crippen LogP contribution >= 0.6 is 0 Å². The first-order valence-electron chi connectivity index (χ1n) is 16.4. The van der Waals surface area contributed by atoms with Gasteiger partial charge in [-0.15, -0.1) is 0 Å². The molecule has 0 spiro atoms. The monoisotopic (exact) mass is 662 g/mol. The second kappa shape index (κ2) is 19.9. The molecule has 48 heavy (non-hydrogen) atoms. The number of hydrogen-bond acceptors (Lipinski definition) is 8. The van der Waals surface area contributed by atoms with Gasteiger partial charge in [0.25, 0.3) is 0 Å². The highest BCUT2D eigenvalue weighted by molar-refractivity contribution is 5.92. The van der Waals surface area contributed by atoms with Gasteiger partial charge in [0.2, 0.25) is 0 Å². The average molecular weight is 663 g/mol. The highest BCUT2D eigenvalue weighted by Crippen LogP contribution is 2.40. The molecule has 0 radical (unpaired) electrons. The zero-order valence-electron chi connectivity index (χ0n) is 30.2. The van der Waals surface area contributed by atoms with Crippen LogP contribution in [0.3, 0.4) is 0 Å². The lowest BCUT2D eigenvalue weighted by atomic mass is 9.78. The first-order chi connectivity index (χ1) is 22.6. The van der Waals surface area contributed by atoms with Crippen molar-refractivity contribution in [1.29, 1.82) is 0 Å². The Morgan fingerprint density at radius 3 is 1.79 bits per heavy atom. The van der Waals surface area contributed by atoms with E-state index < -0.39 is 28.7 Å². The maximum atomic E-state index is 13.2. The summed E-state index contributed by atoms with van der Waals surface area (Å²) in [6.45, 7) is 25.6. The van der Waals surface area contributed by atoms with Crippen LogP contribution in [0.2, 0.25) is 0 Å². The van der Waals surface area contributed by atoms with E-state index in [0.29, 0.717) is 41.2 Å². The number of ether oxygens (including phenoxy) is 4. The molecule has 2 aromatic carbocycles. The molecule has 0 unspecified atom stereocenters. The standard InChI is InChI=1S/C38H48O8.C2H6/c1-10-29(46-36(42)28-24-31(37(4,5)6)34(40)32(25-28)38(7,8)9)19-16-26(3)45-35(41)27-17-20-30(21-18-27)43-22-14-12-13-15-23-44-33(39)11-2;1-2/h10-11,16-21,24-25,40H,2-3,12-15,22-23H2,1,4-9H3;1-2H3/b19-16-,29-10+;. The molecule has 0 aliphatic rings. The first kappa shape index (κ1) is 41.4. The minimum absolute atomic E-state index is 0.0645. The summed E-state index contributed by atoms with van der Waals surface area (Å²) in [4.78, 5) is 36.8. The molecule has 1 N–H and O–H groups in total. The average Bonchev–Trinajstić information content (AvgIpc) is 3.04. The van der Waals surface area contributed by atoms with Gasteiger partial charge < -0.3 is 24.1 Å². The summed E-state index contributed by atoms with van der Waals surface area (Å²) in [6.07, 6.45) is 9.19. The molecule has 8 heteroatoms. The van der Waals surface area contributed by atoms with Gasteiger partial charge in [-0.25, -0.2) is 14.4 Å². The molecule has 2 aromatic rings. The fourth-order valence-electron chi connectivity index (χ4n) is 4.30. The smallest absolute Gasteiger partial charge is 0.343 e. The predicted octanol–water partition coefficient (Wildman–Crippen LogP) is 9.67. The molecule has 0 aliphatic heterocycles. The molecular weight excluding hydrogens is 608 g/mol. The third-order valence-electron chi connectivity index (χ3n) is 6.92. The predicted molar refractivity (Wildman–Crippen MR) is 191 cm³/mol. The lowest BCUT2D eigenvalue weighted by Crippen LogP contribution is -2.19. The quantitative estimate of drug-likeness (QED) is 0.0502. The minimum atomic E-state index is -0.592. The number of carbonyl (C=O) groups is 3. The van der Waals surface area contributed by atoms with E-state index in [-0.39, 0.29) is 17.3 Å². The van der Waals surface area contributed by atoms with Crippen molar-refractivity contribution in [2.24, 2.45) is 0 Å². The minimum Gasteiger partial charge on any atom is -0.507 e. The van der Waals surface area contributed by atoms with Gasteiger partial charge in [0.15, 0.2) is 0 Å². The topological polar surface area (TPSA) is 108 Å². The van der Waals surface area contributed by atoms with Crippen molar-refractivity contribution >= 4 is 17.9 Å². The van der Waals surface area contributed by atoms with Crippen molar-refractivity contribution in [2.45, 2.75) is 98.8 Å². The second-order valence-corrected chi connectivity index (χ2v) is 12.8. The lowest BCUT2D eigenvalue weighted by molar-refractivity contribution is -0.137. The van der Waals surface area contributed by atoms with E-state index >= 15 is 0 Å². The normalized spacial score (nSPS) is 11.6. The summed E-state index contributed by atoms with van der Waals surface area (Å²) < 4.78 is 21.7. The van der Waals surface area contributed by atoms with Crippen LogP contribution in [0.5, 0.6) is 11.5 Å². The largest absolute Gasteiger partial charge is 0.507 e. The fourth-order valence-corrected chi connectivity index (χ4v) is 4.30. The van der Waals surface area contributed by atoms with E-state index in [2.05, 4.69) is 13.2 Å². The molecule has 262 valence electrons. The Kier molecular flexibility index (Phi) is 17.2. The fraction of sp³-hybridized carbons (Fsp3) is 0.425. The molecule has 0 aliphatic carbocycles. The van der Waals surface area contributed by atoms with Crippen molar-refractivity contribution < 1.29 is 38.4 Å². The number of hydrogen-bond donors (Lipinski definition) is 1. The summed E-state index contributed by atoms with van der Waals surface area (Å²) in [7, 11) is 0. The van der Waals surface area contributed by atoms with Gasteiger partial charge in [-0.2, -0.15) is 0 Å². The van der Waals surface area contributed by atoms with Gasteiger partial charge in [0, 0.05) is 17.2 Å². The molecule has 0 bridgehead atoms. The third-order valence-corrected chi connectivity index (χ3v) is 6.92. The zero-order chi connectivity index (χ0) is 36.5. The number of allylic oxidation sites excluding steroid dienone is 3. The Morgan fingerprint density at radius 2 is 1.29 bits per heavy atom. The number of rotatable bonds is 15. The van der Waals surface area contributed by atoms with Crippen LogP contribution in [0.25, 0.3) is 0 Å². The van der Waals surface area contributed by atoms with Crippen molar-refractivity contribution in [1.82, 2.24) is 0 Å². The van der Waals surface area contributed by atoms with Gasteiger partial charge in [-0.3, -0.25) is 0 Å². The van der Waals surface area contributed by atoms with Crippen molar-refractivity contribution in [3.8, 4) is 11.5 Å². The molecule has 0 atom stereocenters. The van der Waals surface area contributed by atoms with Gasteiger partial charge in [0.05, 0.1) is 24.3 Å². The Balaban J connectivity index is 0.00000565. The third kappa shape index (κ3) is 14.0. The molecule has 8 nitrogen and oxygen atoms in total. The summed E-state index contributed by atoms with van der Waals surface area (Å²) in [5.41, 5.74) is 1.16. The van der Waals surface area contributed by atoms with Gasteiger partial charge in [-0.1, -0.05) is 68.5 Å².